The van der Waals surface area contributed by atoms with Crippen LogP contribution in [0.3, 0.4) is 0 Å². The highest BCUT2D eigenvalue weighted by molar-refractivity contribution is 7.80. The van der Waals surface area contributed by atoms with Gasteiger partial charge in [-0.05, 0) is 6.92 Å². The Labute approximate surface area is 80.0 Å². The standard InChI is InChI=1S/C9H17NOS/c1-9-8-10(5-6-11-9)4-2-3-7-12/h2-3,9,12H,4-8H2,1H3. The Balaban J connectivity index is 2.18. The molecule has 0 aromatic carbocycles. The summed E-state index contributed by atoms with van der Waals surface area (Å²) in [7, 11) is 0. The Bertz CT molecular complexity index is 149. The molecule has 0 amide bonds. The van der Waals surface area contributed by atoms with Gasteiger partial charge < -0.3 is 4.74 Å². The number of hydrogen-bond donors (Lipinski definition) is 1. The third kappa shape index (κ3) is 3.61. The van der Waals surface area contributed by atoms with Gasteiger partial charge >= 0.3 is 0 Å². The lowest BCUT2D eigenvalue weighted by Gasteiger charge is -2.30. The average molecular weight is 187 g/mol. The predicted molar refractivity (Wildman–Crippen MR) is 54.8 cm³/mol. The van der Waals surface area contributed by atoms with E-state index in [1.165, 1.54) is 0 Å². The van der Waals surface area contributed by atoms with Crippen LogP contribution < -0.4 is 0 Å². The molecule has 0 aliphatic carbocycles. The summed E-state index contributed by atoms with van der Waals surface area (Å²) in [6.07, 6.45) is 4.65. The molecule has 70 valence electrons. The first-order valence-electron chi connectivity index (χ1n) is 4.42. The van der Waals surface area contributed by atoms with Crippen molar-refractivity contribution in [2.24, 2.45) is 0 Å². The van der Waals surface area contributed by atoms with Crippen molar-refractivity contribution < 1.29 is 4.74 Å². The van der Waals surface area contributed by atoms with Gasteiger partial charge in [-0.15, -0.1) is 0 Å². The summed E-state index contributed by atoms with van der Waals surface area (Å²) in [6.45, 7) is 6.14. The minimum Gasteiger partial charge on any atom is -0.376 e. The van der Waals surface area contributed by atoms with E-state index in [4.69, 9.17) is 4.74 Å². The van der Waals surface area contributed by atoms with Gasteiger partial charge in [0.15, 0.2) is 0 Å². The third-order valence-corrected chi connectivity index (χ3v) is 2.17. The lowest BCUT2D eigenvalue weighted by Crippen LogP contribution is -2.40. The Morgan fingerprint density at radius 2 is 2.42 bits per heavy atom. The van der Waals surface area contributed by atoms with Gasteiger partial charge in [-0.2, -0.15) is 12.6 Å². The van der Waals surface area contributed by atoms with Crippen LogP contribution in [-0.2, 0) is 4.74 Å². The minimum absolute atomic E-state index is 0.392. The van der Waals surface area contributed by atoms with Gasteiger partial charge in [0.05, 0.1) is 12.7 Å². The molecular formula is C9H17NOS. The van der Waals surface area contributed by atoms with Gasteiger partial charge in [0.1, 0.15) is 0 Å². The maximum Gasteiger partial charge on any atom is 0.0674 e. The summed E-state index contributed by atoms with van der Waals surface area (Å²) >= 11 is 4.11. The Hall–Kier alpha value is 0.01000. The largest absolute Gasteiger partial charge is 0.376 e. The molecule has 3 heteroatoms. The Morgan fingerprint density at radius 1 is 1.58 bits per heavy atom. The van der Waals surface area contributed by atoms with Crippen LogP contribution in [0.25, 0.3) is 0 Å². The van der Waals surface area contributed by atoms with Crippen molar-refractivity contribution in [2.75, 3.05) is 32.0 Å². The fourth-order valence-electron chi connectivity index (χ4n) is 1.35. The van der Waals surface area contributed by atoms with E-state index in [0.717, 1.165) is 32.0 Å². The van der Waals surface area contributed by atoms with Crippen LogP contribution in [0.2, 0.25) is 0 Å². The monoisotopic (exact) mass is 187 g/mol. The molecule has 0 aromatic heterocycles. The summed E-state index contributed by atoms with van der Waals surface area (Å²) in [5.41, 5.74) is 0. The molecule has 0 aromatic rings. The van der Waals surface area contributed by atoms with Crippen molar-refractivity contribution in [1.29, 1.82) is 0 Å². The van der Waals surface area contributed by atoms with Crippen molar-refractivity contribution in [2.45, 2.75) is 13.0 Å². The first kappa shape index (κ1) is 10.1. The molecule has 1 aliphatic rings. The van der Waals surface area contributed by atoms with Crippen LogP contribution in [0.5, 0.6) is 0 Å². The molecule has 1 rings (SSSR count). The van der Waals surface area contributed by atoms with Gasteiger partial charge in [-0.3, -0.25) is 4.90 Å². The van der Waals surface area contributed by atoms with Gasteiger partial charge in [0, 0.05) is 25.4 Å². The number of rotatable bonds is 3. The molecule has 1 aliphatic heterocycles. The maximum absolute atomic E-state index is 5.43. The predicted octanol–water partition coefficient (Wildman–Crippen LogP) is 1.19. The van der Waals surface area contributed by atoms with Gasteiger partial charge in [0.25, 0.3) is 0 Å². The lowest BCUT2D eigenvalue weighted by atomic mass is 10.3. The molecule has 0 radical (unpaired) electrons. The summed E-state index contributed by atoms with van der Waals surface area (Å²) < 4.78 is 5.43. The van der Waals surface area contributed by atoms with Crippen LogP contribution in [0.4, 0.5) is 0 Å². The smallest absolute Gasteiger partial charge is 0.0674 e. The second-order valence-corrected chi connectivity index (χ2v) is 3.46. The second kappa shape index (κ2) is 5.62. The van der Waals surface area contributed by atoms with Crippen LogP contribution in [0.1, 0.15) is 6.92 Å². The normalized spacial score (nSPS) is 26.7. The van der Waals surface area contributed by atoms with E-state index in [1.807, 2.05) is 0 Å². The SMILES string of the molecule is CC1CN(CC=CCS)CCO1. The molecule has 0 bridgehead atoms. The molecular weight excluding hydrogens is 170 g/mol. The van der Waals surface area contributed by atoms with E-state index in [9.17, 15) is 0 Å². The van der Waals surface area contributed by atoms with E-state index in [-0.39, 0.29) is 0 Å². The Morgan fingerprint density at radius 3 is 3.08 bits per heavy atom. The van der Waals surface area contributed by atoms with Crippen molar-refractivity contribution in [1.82, 2.24) is 4.90 Å². The number of hydrogen-bond acceptors (Lipinski definition) is 3. The number of thiol groups is 1. The molecule has 0 spiro atoms. The zero-order valence-corrected chi connectivity index (χ0v) is 8.46. The van der Waals surface area contributed by atoms with E-state index in [2.05, 4.69) is 36.6 Å². The summed E-state index contributed by atoms with van der Waals surface area (Å²) in [5.74, 6) is 0.833. The topological polar surface area (TPSA) is 12.5 Å². The fourth-order valence-corrected chi connectivity index (χ4v) is 1.50. The maximum atomic E-state index is 5.43. The molecule has 0 N–H and O–H groups in total. The molecule has 1 heterocycles. The highest BCUT2D eigenvalue weighted by Gasteiger charge is 2.14. The third-order valence-electron chi connectivity index (χ3n) is 1.96. The molecule has 2 nitrogen and oxygen atoms in total. The van der Waals surface area contributed by atoms with Crippen molar-refractivity contribution in [3.63, 3.8) is 0 Å². The van der Waals surface area contributed by atoms with Crippen molar-refractivity contribution in [3.8, 4) is 0 Å². The van der Waals surface area contributed by atoms with E-state index in [1.54, 1.807) is 0 Å². The summed E-state index contributed by atoms with van der Waals surface area (Å²) in [5, 5.41) is 0. The molecule has 0 saturated carbocycles. The number of morpholine rings is 1. The summed E-state index contributed by atoms with van der Waals surface area (Å²) in [6, 6.07) is 0. The van der Waals surface area contributed by atoms with Crippen LogP contribution in [0, 0.1) is 0 Å². The van der Waals surface area contributed by atoms with Crippen LogP contribution >= 0.6 is 12.6 Å². The molecule has 1 unspecified atom stereocenters. The number of ether oxygens (including phenoxy) is 1. The van der Waals surface area contributed by atoms with Crippen LogP contribution in [0.15, 0.2) is 12.2 Å². The van der Waals surface area contributed by atoms with Crippen molar-refractivity contribution >= 4 is 12.6 Å². The first-order chi connectivity index (χ1) is 5.83. The molecule has 1 fully saturated rings. The van der Waals surface area contributed by atoms with Crippen molar-refractivity contribution in [3.05, 3.63) is 12.2 Å². The number of nitrogens with zero attached hydrogens (tertiary/aromatic N) is 1. The second-order valence-electron chi connectivity index (χ2n) is 3.09. The van der Waals surface area contributed by atoms with Gasteiger partial charge in [0.2, 0.25) is 0 Å². The highest BCUT2D eigenvalue weighted by Crippen LogP contribution is 2.03. The fraction of sp³-hybridized carbons (Fsp3) is 0.778. The van der Waals surface area contributed by atoms with Gasteiger partial charge in [-0.25, -0.2) is 0 Å². The first-order valence-corrected chi connectivity index (χ1v) is 5.06. The van der Waals surface area contributed by atoms with Crippen LogP contribution in [-0.4, -0.2) is 43.0 Å². The zero-order chi connectivity index (χ0) is 8.81. The summed E-state index contributed by atoms with van der Waals surface area (Å²) in [4.78, 5) is 2.40. The minimum atomic E-state index is 0.392. The average Bonchev–Trinajstić information content (AvgIpc) is 2.05. The lowest BCUT2D eigenvalue weighted by molar-refractivity contribution is -0.0140. The zero-order valence-electron chi connectivity index (χ0n) is 7.57. The van der Waals surface area contributed by atoms with E-state index < -0.39 is 0 Å². The Kier molecular flexibility index (Phi) is 4.73. The molecule has 1 atom stereocenters. The van der Waals surface area contributed by atoms with E-state index >= 15 is 0 Å². The highest BCUT2D eigenvalue weighted by atomic mass is 32.1. The molecule has 1 saturated heterocycles. The molecule has 12 heavy (non-hydrogen) atoms. The van der Waals surface area contributed by atoms with Gasteiger partial charge in [-0.1, -0.05) is 12.2 Å². The van der Waals surface area contributed by atoms with E-state index in [0.29, 0.717) is 6.10 Å². The quantitative estimate of drug-likeness (QED) is 0.526.